The summed E-state index contributed by atoms with van der Waals surface area (Å²) in [6.45, 7) is 0.879. The maximum atomic E-state index is 14.5. The molecule has 14 heteroatoms. The van der Waals surface area contributed by atoms with E-state index in [9.17, 15) is 18.0 Å². The molecule has 48 heavy (non-hydrogen) atoms. The molecule has 3 aromatic rings. The van der Waals surface area contributed by atoms with Crippen molar-refractivity contribution in [1.82, 2.24) is 10.2 Å². The summed E-state index contributed by atoms with van der Waals surface area (Å²) in [6, 6.07) is 12.7. The van der Waals surface area contributed by atoms with Crippen LogP contribution in [-0.4, -0.2) is 72.2 Å². The number of amides is 2. The number of carbonyl (C=O) groups excluding carboxylic acids is 2. The summed E-state index contributed by atoms with van der Waals surface area (Å²) in [6.07, 6.45) is 4.84. The molecule has 0 saturated heterocycles. The molecule has 0 heterocycles. The molecule has 0 bridgehead atoms. The van der Waals surface area contributed by atoms with E-state index in [4.69, 9.17) is 42.1 Å². The second-order valence-corrected chi connectivity index (χ2v) is 14.0. The van der Waals surface area contributed by atoms with Crippen molar-refractivity contribution in [3.05, 3.63) is 70.2 Å². The molecule has 1 aliphatic carbocycles. The number of nitrogens with zero attached hydrogens (tertiary/aromatic N) is 2. The van der Waals surface area contributed by atoms with Crippen LogP contribution in [0.5, 0.6) is 23.0 Å². The molecule has 11 nitrogen and oxygen atoms in total. The standard InChI is InChI=1S/C34H41Cl2N3O8S/c1-22(34(41)37-24-9-7-6-8-10-24)38(20-23-11-14-27(35)28(36)17-23)33(40)21-39(29-18-25(44-2)12-15-30(29)45-3)48(42,43)26-13-16-31(46-4)32(19-26)47-5/h11-19,22,24H,6-10,20-21H2,1-5H3,(H,37,41)/t22-/m1/s1. The number of hydrogen-bond donors (Lipinski definition) is 1. The maximum Gasteiger partial charge on any atom is 0.265 e. The van der Waals surface area contributed by atoms with E-state index < -0.39 is 28.5 Å². The highest BCUT2D eigenvalue weighted by molar-refractivity contribution is 7.92. The summed E-state index contributed by atoms with van der Waals surface area (Å²) in [5.41, 5.74) is 0.650. The van der Waals surface area contributed by atoms with Gasteiger partial charge in [0.25, 0.3) is 10.0 Å². The monoisotopic (exact) mass is 721 g/mol. The van der Waals surface area contributed by atoms with Crippen LogP contribution in [0.25, 0.3) is 0 Å². The SMILES string of the molecule is COc1ccc(OC)c(N(CC(=O)N(Cc2ccc(Cl)c(Cl)c2)[C@H](C)C(=O)NC2CCCCC2)S(=O)(=O)c2ccc(OC)c(OC)c2)c1. The van der Waals surface area contributed by atoms with Crippen LogP contribution in [0.4, 0.5) is 5.69 Å². The van der Waals surface area contributed by atoms with E-state index in [0.717, 1.165) is 36.4 Å². The Hall–Kier alpha value is -3.87. The van der Waals surface area contributed by atoms with Crippen molar-refractivity contribution < 1.29 is 37.0 Å². The van der Waals surface area contributed by atoms with Gasteiger partial charge in [0.05, 0.1) is 49.1 Å². The van der Waals surface area contributed by atoms with Crippen LogP contribution >= 0.6 is 23.2 Å². The molecule has 1 fully saturated rings. The van der Waals surface area contributed by atoms with E-state index in [1.807, 2.05) is 0 Å². The zero-order valence-electron chi connectivity index (χ0n) is 27.6. The smallest absolute Gasteiger partial charge is 0.265 e. The number of nitrogens with one attached hydrogen (secondary N) is 1. The van der Waals surface area contributed by atoms with Crippen molar-refractivity contribution in [2.24, 2.45) is 0 Å². The highest BCUT2D eigenvalue weighted by atomic mass is 35.5. The van der Waals surface area contributed by atoms with Gasteiger partial charge in [0, 0.05) is 24.7 Å². The predicted octanol–water partition coefficient (Wildman–Crippen LogP) is 6.09. The first-order chi connectivity index (χ1) is 22.9. The molecular formula is C34H41Cl2N3O8S. The topological polar surface area (TPSA) is 124 Å². The summed E-state index contributed by atoms with van der Waals surface area (Å²) in [7, 11) is 1.18. The van der Waals surface area contributed by atoms with Gasteiger partial charge in [-0.25, -0.2) is 8.42 Å². The van der Waals surface area contributed by atoms with Crippen LogP contribution in [0.15, 0.2) is 59.5 Å². The molecule has 1 N–H and O–H groups in total. The fourth-order valence-corrected chi connectivity index (χ4v) is 7.35. The van der Waals surface area contributed by atoms with E-state index >= 15 is 0 Å². The quantitative estimate of drug-likeness (QED) is 0.212. The minimum atomic E-state index is -4.48. The van der Waals surface area contributed by atoms with Gasteiger partial charge in [-0.1, -0.05) is 48.5 Å². The van der Waals surface area contributed by atoms with Gasteiger partial charge in [0.15, 0.2) is 11.5 Å². The second-order valence-electron chi connectivity index (χ2n) is 11.4. The highest BCUT2D eigenvalue weighted by Crippen LogP contribution is 2.38. The lowest BCUT2D eigenvalue weighted by molar-refractivity contribution is -0.139. The number of sulfonamides is 1. The third kappa shape index (κ3) is 8.58. The van der Waals surface area contributed by atoms with Crippen LogP contribution in [0.3, 0.4) is 0 Å². The summed E-state index contributed by atoms with van der Waals surface area (Å²) in [4.78, 5) is 29.2. The number of hydrogen-bond acceptors (Lipinski definition) is 8. The van der Waals surface area contributed by atoms with E-state index in [-0.39, 0.29) is 45.6 Å². The molecule has 3 aromatic carbocycles. The molecular weight excluding hydrogens is 681 g/mol. The third-order valence-electron chi connectivity index (χ3n) is 8.33. The van der Waals surface area contributed by atoms with Crippen molar-refractivity contribution in [3.63, 3.8) is 0 Å². The molecule has 4 rings (SSSR count). The Morgan fingerprint density at radius 3 is 2.12 bits per heavy atom. The van der Waals surface area contributed by atoms with E-state index in [2.05, 4.69) is 5.32 Å². The van der Waals surface area contributed by atoms with Gasteiger partial charge in [-0.05, 0) is 61.7 Å². The van der Waals surface area contributed by atoms with Gasteiger partial charge >= 0.3 is 0 Å². The van der Waals surface area contributed by atoms with Gasteiger partial charge in [-0.15, -0.1) is 0 Å². The molecule has 0 spiro atoms. The van der Waals surface area contributed by atoms with Crippen molar-refractivity contribution in [2.45, 2.75) is 62.6 Å². The molecule has 260 valence electrons. The van der Waals surface area contributed by atoms with E-state index in [1.165, 1.54) is 57.6 Å². The lowest BCUT2D eigenvalue weighted by atomic mass is 9.95. The second kappa shape index (κ2) is 16.5. The Morgan fingerprint density at radius 1 is 0.833 bits per heavy atom. The molecule has 0 aromatic heterocycles. The minimum absolute atomic E-state index is 0.00129. The number of anilines is 1. The summed E-state index contributed by atoms with van der Waals surface area (Å²) in [5.74, 6) is 0.00985. The number of carbonyl (C=O) groups is 2. The highest BCUT2D eigenvalue weighted by Gasteiger charge is 2.35. The molecule has 0 radical (unpaired) electrons. The maximum absolute atomic E-state index is 14.5. The largest absolute Gasteiger partial charge is 0.497 e. The molecule has 2 amide bonds. The average Bonchev–Trinajstić information content (AvgIpc) is 3.10. The summed E-state index contributed by atoms with van der Waals surface area (Å²) >= 11 is 12.5. The molecule has 0 unspecified atom stereocenters. The first-order valence-corrected chi connectivity index (χ1v) is 17.6. The minimum Gasteiger partial charge on any atom is -0.497 e. The molecule has 0 aliphatic heterocycles. The molecule has 1 saturated carbocycles. The fraction of sp³-hybridized carbons (Fsp3) is 0.412. The van der Waals surface area contributed by atoms with Crippen molar-refractivity contribution in [3.8, 4) is 23.0 Å². The van der Waals surface area contributed by atoms with E-state index in [0.29, 0.717) is 22.1 Å². The van der Waals surface area contributed by atoms with Crippen LogP contribution in [0.1, 0.15) is 44.6 Å². The van der Waals surface area contributed by atoms with Crippen LogP contribution in [-0.2, 0) is 26.2 Å². The number of benzene rings is 3. The van der Waals surface area contributed by atoms with Crippen LogP contribution in [0.2, 0.25) is 10.0 Å². The predicted molar refractivity (Wildman–Crippen MR) is 185 cm³/mol. The van der Waals surface area contributed by atoms with E-state index in [1.54, 1.807) is 37.3 Å². The lowest BCUT2D eigenvalue weighted by Gasteiger charge is -2.33. The van der Waals surface area contributed by atoms with Gasteiger partial charge in [0.2, 0.25) is 11.8 Å². The first kappa shape index (κ1) is 37.0. The normalized spacial score (nSPS) is 14.1. The van der Waals surface area contributed by atoms with Gasteiger partial charge < -0.3 is 29.2 Å². The summed E-state index contributed by atoms with van der Waals surface area (Å²) in [5, 5.41) is 3.69. The van der Waals surface area contributed by atoms with Crippen molar-refractivity contribution >= 4 is 50.7 Å². The van der Waals surface area contributed by atoms with Gasteiger partial charge in [-0.3, -0.25) is 13.9 Å². The van der Waals surface area contributed by atoms with Crippen LogP contribution < -0.4 is 28.6 Å². The number of halogens is 2. The molecule has 1 atom stereocenters. The lowest BCUT2D eigenvalue weighted by Crippen LogP contribution is -2.53. The Morgan fingerprint density at radius 2 is 1.50 bits per heavy atom. The first-order valence-electron chi connectivity index (χ1n) is 15.4. The zero-order valence-corrected chi connectivity index (χ0v) is 30.0. The van der Waals surface area contributed by atoms with Crippen LogP contribution in [0, 0.1) is 0 Å². The Bertz CT molecular complexity index is 1720. The van der Waals surface area contributed by atoms with Crippen molar-refractivity contribution in [1.29, 1.82) is 0 Å². The number of rotatable bonds is 14. The Kier molecular flexibility index (Phi) is 12.7. The van der Waals surface area contributed by atoms with Gasteiger partial charge in [0.1, 0.15) is 24.1 Å². The Balaban J connectivity index is 1.79. The van der Waals surface area contributed by atoms with Crippen molar-refractivity contribution in [2.75, 3.05) is 39.3 Å². The summed E-state index contributed by atoms with van der Waals surface area (Å²) < 4.78 is 51.5. The van der Waals surface area contributed by atoms with Gasteiger partial charge in [-0.2, -0.15) is 0 Å². The third-order valence-corrected chi connectivity index (χ3v) is 10.8. The zero-order chi connectivity index (χ0) is 35.0. The fourth-order valence-electron chi connectivity index (χ4n) is 5.60. The Labute approximate surface area is 292 Å². The number of methoxy groups -OCH3 is 4. The number of ether oxygens (including phenoxy) is 4. The average molecular weight is 723 g/mol. The molecule has 1 aliphatic rings.